The summed E-state index contributed by atoms with van der Waals surface area (Å²) >= 11 is 0. The molecule has 0 fully saturated rings. The Morgan fingerprint density at radius 1 is 1.14 bits per heavy atom. The van der Waals surface area contributed by atoms with Crippen LogP contribution in [0.15, 0.2) is 53.1 Å². The number of carbonyl (C=O) groups is 1. The van der Waals surface area contributed by atoms with Crippen LogP contribution in [0, 0.1) is 6.92 Å². The van der Waals surface area contributed by atoms with E-state index in [4.69, 9.17) is 9.26 Å². The molecule has 0 radical (unpaired) electrons. The molecule has 3 aromatic rings. The second-order valence-electron chi connectivity index (χ2n) is 7.11. The molecular weight excluding hydrogens is 366 g/mol. The predicted octanol–water partition coefficient (Wildman–Crippen LogP) is 4.54. The number of amides is 1. The molecule has 0 aliphatic heterocycles. The van der Waals surface area contributed by atoms with Crippen LogP contribution in [0.1, 0.15) is 42.1 Å². The van der Waals surface area contributed by atoms with E-state index in [1.807, 2.05) is 43.0 Å². The lowest BCUT2D eigenvalue weighted by Crippen LogP contribution is -2.39. The molecule has 1 atom stereocenters. The molecule has 0 unspecified atom stereocenters. The van der Waals surface area contributed by atoms with Gasteiger partial charge in [-0.3, -0.25) is 4.79 Å². The summed E-state index contributed by atoms with van der Waals surface area (Å²) in [4.78, 5) is 19.4. The monoisotopic (exact) mass is 393 g/mol. The van der Waals surface area contributed by atoms with Gasteiger partial charge in [-0.1, -0.05) is 41.9 Å². The Balaban J connectivity index is 1.70. The normalized spacial score (nSPS) is 11.9. The zero-order chi connectivity index (χ0) is 20.8. The second-order valence-corrected chi connectivity index (χ2v) is 7.11. The average molecular weight is 393 g/mol. The Labute approximate surface area is 171 Å². The molecule has 0 saturated carbocycles. The van der Waals surface area contributed by atoms with Crippen LogP contribution < -0.4 is 4.74 Å². The van der Waals surface area contributed by atoms with Crippen LogP contribution >= 0.6 is 0 Å². The lowest BCUT2D eigenvalue weighted by molar-refractivity contribution is 0.0686. The first-order valence-corrected chi connectivity index (χ1v) is 9.86. The third-order valence-corrected chi connectivity index (χ3v) is 5.07. The number of rotatable bonds is 8. The Hall–Kier alpha value is -3.15. The van der Waals surface area contributed by atoms with Crippen molar-refractivity contribution in [1.82, 2.24) is 15.0 Å². The van der Waals surface area contributed by atoms with Crippen LogP contribution in [-0.4, -0.2) is 40.6 Å². The maximum Gasteiger partial charge on any atom is 0.254 e. The number of carbonyl (C=O) groups excluding carboxylic acids is 1. The van der Waals surface area contributed by atoms with Crippen LogP contribution in [0.4, 0.5) is 0 Å². The summed E-state index contributed by atoms with van der Waals surface area (Å²) in [6.07, 6.45) is 1.37. The van der Waals surface area contributed by atoms with Crippen molar-refractivity contribution < 1.29 is 14.1 Å². The Bertz CT molecular complexity index is 933. The van der Waals surface area contributed by atoms with Gasteiger partial charge >= 0.3 is 0 Å². The molecule has 1 amide bonds. The van der Waals surface area contributed by atoms with Crippen molar-refractivity contribution in [3.63, 3.8) is 0 Å². The summed E-state index contributed by atoms with van der Waals surface area (Å²) in [5, 5.41) is 4.08. The standard InChI is InChI=1S/C23H27N3O3/c1-5-17(3)26(23(27)19-10-12-20(28-4)13-11-19)15-14-21-24-22(25-29-21)18-8-6-16(2)7-9-18/h6-13,17H,5,14-15H2,1-4H3/t17-/m1/s1. The van der Waals surface area contributed by atoms with Crippen molar-refractivity contribution in [2.45, 2.75) is 39.7 Å². The first-order valence-electron chi connectivity index (χ1n) is 9.86. The highest BCUT2D eigenvalue weighted by molar-refractivity contribution is 5.94. The summed E-state index contributed by atoms with van der Waals surface area (Å²) in [5.74, 6) is 1.80. The van der Waals surface area contributed by atoms with E-state index in [2.05, 4.69) is 17.1 Å². The number of aryl methyl sites for hydroxylation is 1. The van der Waals surface area contributed by atoms with Gasteiger partial charge in [0, 0.05) is 30.1 Å². The van der Waals surface area contributed by atoms with Gasteiger partial charge in [-0.2, -0.15) is 4.98 Å². The van der Waals surface area contributed by atoms with Crippen LogP contribution in [-0.2, 0) is 6.42 Å². The molecule has 0 aliphatic carbocycles. The topological polar surface area (TPSA) is 68.5 Å². The van der Waals surface area contributed by atoms with Crippen molar-refractivity contribution in [1.29, 1.82) is 0 Å². The van der Waals surface area contributed by atoms with E-state index >= 15 is 0 Å². The zero-order valence-corrected chi connectivity index (χ0v) is 17.4. The molecular formula is C23H27N3O3. The summed E-state index contributed by atoms with van der Waals surface area (Å²) in [7, 11) is 1.61. The fourth-order valence-corrected chi connectivity index (χ4v) is 3.03. The lowest BCUT2D eigenvalue weighted by atomic mass is 10.1. The van der Waals surface area contributed by atoms with Crippen molar-refractivity contribution >= 4 is 5.91 Å². The third-order valence-electron chi connectivity index (χ3n) is 5.07. The minimum Gasteiger partial charge on any atom is -0.497 e. The van der Waals surface area contributed by atoms with E-state index in [0.717, 1.165) is 17.7 Å². The Morgan fingerprint density at radius 3 is 2.45 bits per heavy atom. The predicted molar refractivity (Wildman–Crippen MR) is 112 cm³/mol. The maximum absolute atomic E-state index is 13.0. The highest BCUT2D eigenvalue weighted by Crippen LogP contribution is 2.18. The van der Waals surface area contributed by atoms with Gasteiger partial charge in [0.25, 0.3) is 5.91 Å². The fourth-order valence-electron chi connectivity index (χ4n) is 3.03. The number of ether oxygens (including phenoxy) is 1. The third kappa shape index (κ3) is 5.02. The molecule has 0 bridgehead atoms. The quantitative estimate of drug-likeness (QED) is 0.562. The van der Waals surface area contributed by atoms with E-state index in [0.29, 0.717) is 30.2 Å². The van der Waals surface area contributed by atoms with Crippen LogP contribution in [0.2, 0.25) is 0 Å². The van der Waals surface area contributed by atoms with Crippen molar-refractivity contribution in [2.75, 3.05) is 13.7 Å². The fraction of sp³-hybridized carbons (Fsp3) is 0.348. The number of methoxy groups -OCH3 is 1. The van der Waals surface area contributed by atoms with Gasteiger partial charge in [-0.15, -0.1) is 0 Å². The van der Waals surface area contributed by atoms with Gasteiger partial charge < -0.3 is 14.2 Å². The molecule has 0 saturated heterocycles. The molecule has 1 aromatic heterocycles. The van der Waals surface area contributed by atoms with Gasteiger partial charge in [0.15, 0.2) is 0 Å². The van der Waals surface area contributed by atoms with E-state index in [1.165, 1.54) is 5.56 Å². The number of aromatic nitrogens is 2. The van der Waals surface area contributed by atoms with Gasteiger partial charge in [0.2, 0.25) is 11.7 Å². The summed E-state index contributed by atoms with van der Waals surface area (Å²) in [6.45, 7) is 6.66. The van der Waals surface area contributed by atoms with E-state index < -0.39 is 0 Å². The minimum atomic E-state index is -0.0136. The summed E-state index contributed by atoms with van der Waals surface area (Å²) in [5.41, 5.74) is 2.73. The lowest BCUT2D eigenvalue weighted by Gasteiger charge is -2.28. The van der Waals surface area contributed by atoms with Crippen LogP contribution in [0.25, 0.3) is 11.4 Å². The smallest absolute Gasteiger partial charge is 0.254 e. The van der Waals surface area contributed by atoms with Crippen LogP contribution in [0.3, 0.4) is 0 Å². The Kier molecular flexibility index (Phi) is 6.65. The van der Waals surface area contributed by atoms with E-state index in [1.54, 1.807) is 31.4 Å². The minimum absolute atomic E-state index is 0.0136. The summed E-state index contributed by atoms with van der Waals surface area (Å²) in [6, 6.07) is 15.3. The molecule has 0 N–H and O–H groups in total. The van der Waals surface area contributed by atoms with E-state index in [-0.39, 0.29) is 11.9 Å². The molecule has 1 heterocycles. The number of hydrogen-bond donors (Lipinski definition) is 0. The highest BCUT2D eigenvalue weighted by Gasteiger charge is 2.21. The van der Waals surface area contributed by atoms with Gasteiger partial charge in [-0.05, 0) is 44.5 Å². The molecule has 29 heavy (non-hydrogen) atoms. The summed E-state index contributed by atoms with van der Waals surface area (Å²) < 4.78 is 10.6. The second kappa shape index (κ2) is 9.37. The average Bonchev–Trinajstić information content (AvgIpc) is 3.23. The number of nitrogens with zero attached hydrogens (tertiary/aromatic N) is 3. The molecule has 6 nitrogen and oxygen atoms in total. The highest BCUT2D eigenvalue weighted by atomic mass is 16.5. The first kappa shape index (κ1) is 20.6. The molecule has 0 aliphatic rings. The van der Waals surface area contributed by atoms with Gasteiger partial charge in [0.1, 0.15) is 5.75 Å². The number of hydrogen-bond acceptors (Lipinski definition) is 5. The van der Waals surface area contributed by atoms with Gasteiger partial charge in [0.05, 0.1) is 7.11 Å². The molecule has 3 rings (SSSR count). The molecule has 0 spiro atoms. The molecule has 2 aromatic carbocycles. The molecule has 152 valence electrons. The maximum atomic E-state index is 13.0. The number of benzene rings is 2. The van der Waals surface area contributed by atoms with Crippen molar-refractivity contribution in [3.05, 3.63) is 65.5 Å². The van der Waals surface area contributed by atoms with E-state index in [9.17, 15) is 4.79 Å². The SMILES string of the molecule is CC[C@@H](C)N(CCc1nc(-c2ccc(C)cc2)no1)C(=O)c1ccc(OC)cc1. The first-order chi connectivity index (χ1) is 14.0. The van der Waals surface area contributed by atoms with Crippen molar-refractivity contribution in [3.8, 4) is 17.1 Å². The zero-order valence-electron chi connectivity index (χ0n) is 17.4. The van der Waals surface area contributed by atoms with Gasteiger partial charge in [-0.25, -0.2) is 0 Å². The van der Waals surface area contributed by atoms with Crippen molar-refractivity contribution in [2.24, 2.45) is 0 Å². The molecule has 6 heteroatoms. The Morgan fingerprint density at radius 2 is 1.83 bits per heavy atom. The van der Waals surface area contributed by atoms with Crippen LogP contribution in [0.5, 0.6) is 5.75 Å². The largest absolute Gasteiger partial charge is 0.497 e.